The van der Waals surface area contributed by atoms with Crippen molar-refractivity contribution >= 4 is 13.8 Å². The monoisotopic (exact) mass is 937 g/mol. The number of hydrogen-bond donors (Lipinski definition) is 1. The van der Waals surface area contributed by atoms with Crippen LogP contribution in [0.1, 0.15) is 245 Å². The molecule has 0 aliphatic rings. The summed E-state index contributed by atoms with van der Waals surface area (Å²) in [6.07, 6.45) is 61.6. The fraction of sp³-hybridized carbons (Fsp3) is 0.839. The number of phosphoric acid groups is 1. The third-order valence-electron chi connectivity index (χ3n) is 11.9. The van der Waals surface area contributed by atoms with Crippen molar-refractivity contribution in [1.82, 2.24) is 0 Å². The number of quaternary nitrogens is 1. The first kappa shape index (κ1) is 63.5. The van der Waals surface area contributed by atoms with E-state index in [-0.39, 0.29) is 25.8 Å². The number of nitrogens with zero attached hydrogens (tertiary/aromatic N) is 1. The highest BCUT2D eigenvalue weighted by molar-refractivity contribution is 7.47. The van der Waals surface area contributed by atoms with E-state index in [9.17, 15) is 14.3 Å². The van der Waals surface area contributed by atoms with Gasteiger partial charge in [-0.15, -0.1) is 0 Å². The van der Waals surface area contributed by atoms with E-state index >= 15 is 0 Å². The Morgan fingerprint density at radius 3 is 1.28 bits per heavy atom. The zero-order chi connectivity index (χ0) is 47.6. The Bertz CT molecular complexity index is 1180. The Balaban J connectivity index is 4.14. The molecular weight excluding hydrogens is 830 g/mol. The van der Waals surface area contributed by atoms with Gasteiger partial charge in [0, 0.05) is 13.0 Å². The minimum atomic E-state index is -4.29. The molecule has 8 nitrogen and oxygen atoms in total. The Labute approximate surface area is 403 Å². The molecule has 0 radical (unpaired) electrons. The van der Waals surface area contributed by atoms with Crippen molar-refractivity contribution in [1.29, 1.82) is 0 Å². The summed E-state index contributed by atoms with van der Waals surface area (Å²) >= 11 is 0. The summed E-state index contributed by atoms with van der Waals surface area (Å²) in [6, 6.07) is 0. The van der Waals surface area contributed by atoms with Crippen molar-refractivity contribution in [3.8, 4) is 0 Å². The summed E-state index contributed by atoms with van der Waals surface area (Å²) in [5, 5.41) is 0. The van der Waals surface area contributed by atoms with Crippen LogP contribution in [0.5, 0.6) is 0 Å². The Morgan fingerprint density at radius 2 is 0.846 bits per heavy atom. The molecule has 0 spiro atoms. The molecule has 0 amide bonds. The topological polar surface area (TPSA) is 91.3 Å². The summed E-state index contributed by atoms with van der Waals surface area (Å²) in [5.74, 6) is -0.324. The summed E-state index contributed by atoms with van der Waals surface area (Å²) in [5.41, 5.74) is 0. The maximum absolute atomic E-state index is 12.8. The van der Waals surface area contributed by atoms with Gasteiger partial charge in [-0.2, -0.15) is 0 Å². The number of phosphoric ester groups is 1. The number of carbonyl (C=O) groups excluding carboxylic acids is 1. The van der Waals surface area contributed by atoms with Crippen LogP contribution < -0.4 is 0 Å². The normalized spacial score (nSPS) is 13.9. The zero-order valence-corrected chi connectivity index (χ0v) is 44.4. The van der Waals surface area contributed by atoms with Crippen LogP contribution in [-0.4, -0.2) is 75.6 Å². The molecule has 0 bridgehead atoms. The Morgan fingerprint density at radius 1 is 0.477 bits per heavy atom. The zero-order valence-electron chi connectivity index (χ0n) is 43.5. The van der Waals surface area contributed by atoms with Crippen molar-refractivity contribution in [2.45, 2.75) is 251 Å². The van der Waals surface area contributed by atoms with E-state index in [1.807, 2.05) is 21.1 Å². The number of ether oxygens (including phenoxy) is 2. The lowest BCUT2D eigenvalue weighted by atomic mass is 10.1. The smallest absolute Gasteiger partial charge is 0.457 e. The van der Waals surface area contributed by atoms with Crippen LogP contribution >= 0.6 is 7.82 Å². The molecule has 0 saturated carbocycles. The quantitative estimate of drug-likeness (QED) is 0.0214. The molecule has 0 rings (SSSR count). The van der Waals surface area contributed by atoms with Crippen molar-refractivity contribution < 1.29 is 37.3 Å². The summed E-state index contributed by atoms with van der Waals surface area (Å²) in [7, 11) is 1.66. The summed E-state index contributed by atoms with van der Waals surface area (Å²) in [4.78, 5) is 23.0. The third-order valence-corrected chi connectivity index (χ3v) is 12.8. The van der Waals surface area contributed by atoms with Gasteiger partial charge in [-0.1, -0.05) is 210 Å². The highest BCUT2D eigenvalue weighted by Gasteiger charge is 2.26. The lowest BCUT2D eigenvalue weighted by molar-refractivity contribution is -0.870. The van der Waals surface area contributed by atoms with Crippen LogP contribution in [0.3, 0.4) is 0 Å². The molecule has 0 aromatic rings. The highest BCUT2D eigenvalue weighted by atomic mass is 31.2. The van der Waals surface area contributed by atoms with Gasteiger partial charge in [0.05, 0.1) is 34.4 Å². The second kappa shape index (κ2) is 48.9. The van der Waals surface area contributed by atoms with Crippen LogP contribution in [0, 0.1) is 0 Å². The second-order valence-electron chi connectivity index (χ2n) is 19.6. The van der Waals surface area contributed by atoms with Gasteiger partial charge in [0.15, 0.2) is 0 Å². The number of hydrogen-bond acceptors (Lipinski definition) is 6. The van der Waals surface area contributed by atoms with Crippen molar-refractivity contribution in [3.63, 3.8) is 0 Å². The number of likely N-dealkylation sites (N-methyl/N-ethyl adjacent to an activating group) is 1. The number of carbonyl (C=O) groups is 1. The van der Waals surface area contributed by atoms with E-state index in [4.69, 9.17) is 18.5 Å². The van der Waals surface area contributed by atoms with E-state index in [1.54, 1.807) is 0 Å². The van der Waals surface area contributed by atoms with Crippen LogP contribution in [0.25, 0.3) is 0 Å². The van der Waals surface area contributed by atoms with Gasteiger partial charge >= 0.3 is 13.8 Å². The predicted molar refractivity (Wildman–Crippen MR) is 279 cm³/mol. The molecule has 0 heterocycles. The van der Waals surface area contributed by atoms with Crippen molar-refractivity contribution in [2.24, 2.45) is 0 Å². The van der Waals surface area contributed by atoms with Gasteiger partial charge in [-0.25, -0.2) is 4.57 Å². The maximum atomic E-state index is 12.8. The van der Waals surface area contributed by atoms with Crippen LogP contribution in [-0.2, 0) is 27.9 Å². The molecule has 2 atom stereocenters. The molecule has 0 aromatic carbocycles. The van der Waals surface area contributed by atoms with Crippen molar-refractivity contribution in [3.05, 3.63) is 48.6 Å². The fourth-order valence-corrected chi connectivity index (χ4v) is 8.36. The molecule has 2 unspecified atom stereocenters. The molecule has 0 aliphatic heterocycles. The summed E-state index contributed by atoms with van der Waals surface area (Å²) in [6.45, 7) is 5.62. The first-order chi connectivity index (χ1) is 31.6. The van der Waals surface area contributed by atoms with Crippen LogP contribution in [0.2, 0.25) is 0 Å². The lowest BCUT2D eigenvalue weighted by Crippen LogP contribution is -2.37. The summed E-state index contributed by atoms with van der Waals surface area (Å²) < 4.78 is 35.2. The highest BCUT2D eigenvalue weighted by Crippen LogP contribution is 2.43. The van der Waals surface area contributed by atoms with Crippen LogP contribution in [0.4, 0.5) is 0 Å². The molecule has 0 fully saturated rings. The molecule has 382 valence electrons. The van der Waals surface area contributed by atoms with E-state index in [0.717, 1.165) is 57.8 Å². The maximum Gasteiger partial charge on any atom is 0.472 e. The van der Waals surface area contributed by atoms with E-state index in [1.165, 1.54) is 167 Å². The molecule has 0 aromatic heterocycles. The van der Waals surface area contributed by atoms with Gasteiger partial charge in [0.2, 0.25) is 0 Å². The van der Waals surface area contributed by atoms with Gasteiger partial charge in [-0.05, 0) is 77.0 Å². The number of allylic oxidation sites excluding steroid dienone is 8. The average Bonchev–Trinajstić information content (AvgIpc) is 3.27. The lowest BCUT2D eigenvalue weighted by Gasteiger charge is -2.24. The van der Waals surface area contributed by atoms with Gasteiger partial charge < -0.3 is 18.9 Å². The number of esters is 1. The van der Waals surface area contributed by atoms with Gasteiger partial charge in [0.25, 0.3) is 0 Å². The average molecular weight is 937 g/mol. The minimum absolute atomic E-state index is 0.0848. The van der Waals surface area contributed by atoms with E-state index in [0.29, 0.717) is 24.1 Å². The van der Waals surface area contributed by atoms with Crippen molar-refractivity contribution in [2.75, 3.05) is 54.1 Å². The molecule has 0 saturated heterocycles. The Hall–Kier alpha value is -1.54. The van der Waals surface area contributed by atoms with Gasteiger partial charge in [-0.3, -0.25) is 13.8 Å². The first-order valence-electron chi connectivity index (χ1n) is 27.4. The van der Waals surface area contributed by atoms with Gasteiger partial charge in [0.1, 0.15) is 19.3 Å². The third kappa shape index (κ3) is 53.3. The predicted octanol–water partition coefficient (Wildman–Crippen LogP) is 17.1. The minimum Gasteiger partial charge on any atom is -0.457 e. The first-order valence-corrected chi connectivity index (χ1v) is 28.9. The van der Waals surface area contributed by atoms with Crippen LogP contribution in [0.15, 0.2) is 48.6 Å². The fourth-order valence-electron chi connectivity index (χ4n) is 7.61. The molecular formula is C56H107NO7P+. The van der Waals surface area contributed by atoms with E-state index in [2.05, 4.69) is 62.5 Å². The van der Waals surface area contributed by atoms with E-state index < -0.39 is 13.9 Å². The molecule has 1 N–H and O–H groups in total. The molecule has 9 heteroatoms. The molecule has 65 heavy (non-hydrogen) atoms. The second-order valence-corrected chi connectivity index (χ2v) is 21.1. The Kier molecular flexibility index (Phi) is 47.7. The SMILES string of the molecule is CCCCCCC/C=C\C/C=C\C/C=C\CCCCCCCCC(=O)OC(COCCCCCCCCCCCC/C=C\CCCCCCCCCC)COP(=O)(O)OCC[N+](C)(C)C. The largest absolute Gasteiger partial charge is 0.472 e. The standard InChI is InChI=1S/C56H106NO7P/c1-6-8-10-12-14-16-18-20-22-24-26-28-30-32-34-36-38-40-42-44-46-48-51-61-53-55(54-63-65(59,60)62-52-50-57(3,4)5)64-56(58)49-47-45-43-41-39-37-35-33-31-29-27-25-23-21-19-17-15-13-11-9-7-2/h19,21,24-27,31,33,55H,6-18,20,22-23,28-30,32,34-54H2,1-5H3/p+1/b21-19-,26-24-,27-25-,33-31-. The number of unbranched alkanes of at least 4 members (excludes halogenated alkanes) is 29. The number of rotatable bonds is 51. The molecule has 0 aliphatic carbocycles.